The summed E-state index contributed by atoms with van der Waals surface area (Å²) >= 11 is 0. The van der Waals surface area contributed by atoms with Gasteiger partial charge in [-0.05, 0) is 42.5 Å². The second-order valence-corrected chi connectivity index (χ2v) is 8.81. The maximum Gasteiger partial charge on any atom is 0.204 e. The second kappa shape index (κ2) is 7.12. The molecule has 5 aromatic rings. The van der Waals surface area contributed by atoms with E-state index in [1.165, 1.54) is 0 Å². The first kappa shape index (κ1) is 17.5. The standard InChI is InChI=1S/C26H17O2S/c27-25(18-9-3-1-4-10-18)19-15-16-24-22(17-19)26(28)21-13-7-8-14-23(21)29(24)20-11-5-2-6-12-20/h1-17H/q+1. The van der Waals surface area contributed by atoms with Crippen molar-refractivity contribution in [3.8, 4) is 4.90 Å². The lowest BCUT2D eigenvalue weighted by Crippen LogP contribution is -2.06. The molecule has 1 unspecified atom stereocenters. The van der Waals surface area contributed by atoms with Gasteiger partial charge in [-0.2, -0.15) is 0 Å². The highest BCUT2D eigenvalue weighted by Crippen LogP contribution is 2.43. The van der Waals surface area contributed by atoms with Crippen molar-refractivity contribution in [2.45, 2.75) is 0 Å². The van der Waals surface area contributed by atoms with Crippen molar-refractivity contribution >= 4 is 36.4 Å². The summed E-state index contributed by atoms with van der Waals surface area (Å²) in [5, 5.41) is 1.34. The Morgan fingerprint density at radius 1 is 0.586 bits per heavy atom. The van der Waals surface area contributed by atoms with Crippen LogP contribution in [0.4, 0.5) is 0 Å². The molecule has 4 aromatic carbocycles. The quantitative estimate of drug-likeness (QED) is 0.204. The topological polar surface area (TPSA) is 34.1 Å². The number of carbonyl (C=O) groups is 1. The highest BCUT2D eigenvalue weighted by Gasteiger charge is 2.23. The molecule has 1 heterocycles. The molecule has 0 radical (unpaired) electrons. The summed E-state index contributed by atoms with van der Waals surface area (Å²) in [6, 6.07) is 32.8. The van der Waals surface area contributed by atoms with Crippen molar-refractivity contribution in [1.82, 2.24) is 0 Å². The Morgan fingerprint density at radius 3 is 1.97 bits per heavy atom. The summed E-state index contributed by atoms with van der Waals surface area (Å²) in [5.74, 6) is -0.0698. The average molecular weight is 393 g/mol. The molecule has 0 saturated heterocycles. The van der Waals surface area contributed by atoms with Crippen LogP contribution in [-0.2, 0) is 0 Å². The van der Waals surface area contributed by atoms with Crippen LogP contribution in [0.2, 0.25) is 0 Å². The van der Waals surface area contributed by atoms with Crippen molar-refractivity contribution in [2.75, 3.05) is 0 Å². The number of carbonyl (C=O) groups excluding carboxylic acids is 1. The van der Waals surface area contributed by atoms with Gasteiger partial charge in [-0.15, -0.1) is 0 Å². The third-order valence-electron chi connectivity index (χ3n) is 5.07. The van der Waals surface area contributed by atoms with E-state index in [-0.39, 0.29) is 21.7 Å². The number of fused-ring (bicyclic) bond motifs is 2. The molecule has 138 valence electrons. The Morgan fingerprint density at radius 2 is 1.21 bits per heavy atom. The predicted octanol–water partition coefficient (Wildman–Crippen LogP) is 6.32. The van der Waals surface area contributed by atoms with Crippen LogP contribution < -0.4 is 5.43 Å². The van der Waals surface area contributed by atoms with Crippen LogP contribution in [0.1, 0.15) is 15.9 Å². The van der Waals surface area contributed by atoms with E-state index in [4.69, 9.17) is 0 Å². The lowest BCUT2D eigenvalue weighted by Gasteiger charge is -2.05. The smallest absolute Gasteiger partial charge is 0.204 e. The van der Waals surface area contributed by atoms with E-state index in [9.17, 15) is 9.59 Å². The summed E-state index contributed by atoms with van der Waals surface area (Å²) in [6.45, 7) is 0. The van der Waals surface area contributed by atoms with E-state index >= 15 is 0 Å². The van der Waals surface area contributed by atoms with Gasteiger partial charge in [0.25, 0.3) is 0 Å². The zero-order valence-electron chi connectivity index (χ0n) is 15.5. The van der Waals surface area contributed by atoms with Gasteiger partial charge in [0.1, 0.15) is 0 Å². The summed E-state index contributed by atoms with van der Waals surface area (Å²) < 4.78 is 2.02. The van der Waals surface area contributed by atoms with E-state index in [1.807, 2.05) is 72.8 Å². The van der Waals surface area contributed by atoms with Gasteiger partial charge in [0, 0.05) is 21.6 Å². The first-order valence-corrected chi connectivity index (χ1v) is 10.6. The summed E-state index contributed by atoms with van der Waals surface area (Å²) in [4.78, 5) is 27.4. The molecule has 0 amide bonds. The molecule has 2 nitrogen and oxygen atoms in total. The van der Waals surface area contributed by atoms with Gasteiger partial charge < -0.3 is 0 Å². The van der Waals surface area contributed by atoms with Crippen LogP contribution >= 0.6 is 10.5 Å². The number of hydrogen-bond acceptors (Lipinski definition) is 2. The van der Waals surface area contributed by atoms with Crippen molar-refractivity contribution < 1.29 is 4.79 Å². The third-order valence-corrected chi connectivity index (χ3v) is 7.41. The van der Waals surface area contributed by atoms with Gasteiger partial charge in [-0.25, -0.2) is 0 Å². The number of benzene rings is 4. The molecule has 1 aromatic heterocycles. The highest BCUT2D eigenvalue weighted by molar-refractivity contribution is 7.49. The van der Waals surface area contributed by atoms with Crippen molar-refractivity contribution in [3.63, 3.8) is 0 Å². The Kier molecular flexibility index (Phi) is 4.30. The normalized spacial score (nSPS) is 11.7. The fourth-order valence-corrected chi connectivity index (χ4v) is 6.03. The van der Waals surface area contributed by atoms with Gasteiger partial charge in [-0.3, -0.25) is 9.59 Å². The maximum atomic E-state index is 13.3. The highest BCUT2D eigenvalue weighted by atomic mass is 32.2. The molecule has 0 N–H and O–H groups in total. The number of hydrogen-bond donors (Lipinski definition) is 0. The monoisotopic (exact) mass is 393 g/mol. The molecule has 5 rings (SSSR count). The van der Waals surface area contributed by atoms with Gasteiger partial charge in [0.2, 0.25) is 5.43 Å². The molecule has 0 fully saturated rings. The predicted molar refractivity (Wildman–Crippen MR) is 121 cm³/mol. The maximum absolute atomic E-state index is 13.3. The fourth-order valence-electron chi connectivity index (χ4n) is 3.69. The Hall–Kier alpha value is -3.56. The van der Waals surface area contributed by atoms with Gasteiger partial charge in [0.05, 0.1) is 10.8 Å². The molecule has 0 spiro atoms. The SMILES string of the molecule is O=C(c1ccccc1)c1ccc2c(c1)c(=O)c1ccccc1[s+]2-c1ccccc1. The zero-order chi connectivity index (χ0) is 19.8. The third kappa shape index (κ3) is 2.96. The molecule has 0 aliphatic rings. The molecule has 0 saturated carbocycles. The molecule has 1 atom stereocenters. The van der Waals surface area contributed by atoms with E-state index < -0.39 is 0 Å². The van der Waals surface area contributed by atoms with Crippen LogP contribution in [-0.4, -0.2) is 5.78 Å². The minimum absolute atomic E-state index is 0.0157. The summed E-state index contributed by atoms with van der Waals surface area (Å²) in [7, 11) is -0.377. The van der Waals surface area contributed by atoms with Crippen molar-refractivity contribution in [2.24, 2.45) is 0 Å². The largest absolute Gasteiger partial charge is 0.289 e. The van der Waals surface area contributed by atoms with E-state index in [0.29, 0.717) is 16.5 Å². The lowest BCUT2D eigenvalue weighted by atomic mass is 10.0. The Labute approximate surface area is 170 Å². The van der Waals surface area contributed by atoms with E-state index in [1.54, 1.807) is 18.2 Å². The second-order valence-electron chi connectivity index (χ2n) is 6.85. The number of ketones is 1. The molecule has 0 aliphatic heterocycles. The van der Waals surface area contributed by atoms with Gasteiger partial charge in [-0.1, -0.05) is 60.7 Å². The molecular weight excluding hydrogens is 376 g/mol. The van der Waals surface area contributed by atoms with Gasteiger partial charge >= 0.3 is 0 Å². The minimum Gasteiger partial charge on any atom is -0.289 e. The lowest BCUT2D eigenvalue weighted by molar-refractivity contribution is 0.103. The molecular formula is C26H17O2S+. The number of rotatable bonds is 3. The van der Waals surface area contributed by atoms with Crippen LogP contribution in [0.3, 0.4) is 0 Å². The minimum atomic E-state index is -0.377. The Balaban J connectivity index is 1.84. The van der Waals surface area contributed by atoms with Crippen LogP contribution in [0.25, 0.3) is 25.1 Å². The van der Waals surface area contributed by atoms with Crippen LogP contribution in [0.15, 0.2) is 108 Å². The van der Waals surface area contributed by atoms with E-state index in [2.05, 4.69) is 12.1 Å². The average Bonchev–Trinajstić information content (AvgIpc) is 2.80. The summed E-state index contributed by atoms with van der Waals surface area (Å²) in [5.41, 5.74) is 1.15. The van der Waals surface area contributed by atoms with Crippen LogP contribution in [0, 0.1) is 0 Å². The zero-order valence-corrected chi connectivity index (χ0v) is 16.4. The fraction of sp³-hybridized carbons (Fsp3) is 0. The van der Waals surface area contributed by atoms with Gasteiger partial charge in [0.15, 0.2) is 20.1 Å². The van der Waals surface area contributed by atoms with Crippen LogP contribution in [0.5, 0.6) is 0 Å². The Bertz CT molecular complexity index is 1420. The first-order chi connectivity index (χ1) is 14.2. The molecule has 3 heteroatoms. The molecule has 0 bridgehead atoms. The first-order valence-electron chi connectivity index (χ1n) is 9.41. The molecule has 0 aliphatic carbocycles. The molecule has 29 heavy (non-hydrogen) atoms. The van der Waals surface area contributed by atoms with Crippen molar-refractivity contribution in [1.29, 1.82) is 0 Å². The van der Waals surface area contributed by atoms with E-state index in [0.717, 1.165) is 19.7 Å². The van der Waals surface area contributed by atoms with Crippen molar-refractivity contribution in [3.05, 3.63) is 124 Å². The summed E-state index contributed by atoms with van der Waals surface area (Å²) in [6.07, 6.45) is 0.